The molecule has 4 nitrogen and oxygen atoms in total. The first kappa shape index (κ1) is 15.4. The molecule has 1 N–H and O–H groups in total. The van der Waals surface area contributed by atoms with Crippen LogP contribution in [0.5, 0.6) is 0 Å². The molecule has 0 spiro atoms. The number of methoxy groups -OCH3 is 1. The van der Waals surface area contributed by atoms with Gasteiger partial charge >= 0.3 is 0 Å². The number of ether oxygens (including phenoxy) is 1. The number of carbonyl (C=O) groups excluding carboxylic acids is 1. The van der Waals surface area contributed by atoms with Gasteiger partial charge in [-0.05, 0) is 32.7 Å². The van der Waals surface area contributed by atoms with Crippen LogP contribution < -0.4 is 5.32 Å². The maximum atomic E-state index is 12.6. The first-order chi connectivity index (χ1) is 8.70. The van der Waals surface area contributed by atoms with Crippen LogP contribution in [0.1, 0.15) is 46.0 Å². The zero-order valence-corrected chi connectivity index (χ0v) is 12.1. The van der Waals surface area contributed by atoms with Crippen molar-refractivity contribution in [2.45, 2.75) is 58.0 Å². The Hall–Kier alpha value is -0.610. The van der Waals surface area contributed by atoms with Crippen LogP contribution in [0.3, 0.4) is 0 Å². The summed E-state index contributed by atoms with van der Waals surface area (Å²) in [5.41, 5.74) is 0. The van der Waals surface area contributed by atoms with Crippen LogP contribution >= 0.6 is 0 Å². The summed E-state index contributed by atoms with van der Waals surface area (Å²) in [7, 11) is 1.68. The third kappa shape index (κ3) is 4.58. The first-order valence-electron chi connectivity index (χ1n) is 7.23. The molecule has 1 aliphatic heterocycles. The Labute approximate surface area is 111 Å². The molecule has 1 fully saturated rings. The van der Waals surface area contributed by atoms with Gasteiger partial charge in [0.1, 0.15) is 0 Å². The molecular formula is C14H28N2O2. The minimum absolute atomic E-state index is 0.0124. The lowest BCUT2D eigenvalue weighted by molar-refractivity contribution is -0.136. The molecule has 0 aromatic carbocycles. The molecule has 1 rings (SSSR count). The van der Waals surface area contributed by atoms with E-state index in [0.29, 0.717) is 13.2 Å². The van der Waals surface area contributed by atoms with E-state index in [1.54, 1.807) is 7.11 Å². The molecular weight excluding hydrogens is 228 g/mol. The Bertz CT molecular complexity index is 238. The van der Waals surface area contributed by atoms with E-state index in [4.69, 9.17) is 4.74 Å². The Balaban J connectivity index is 2.60. The number of nitrogens with one attached hydrogen (secondary N) is 1. The van der Waals surface area contributed by atoms with Gasteiger partial charge in [0.25, 0.3) is 0 Å². The number of amides is 1. The summed E-state index contributed by atoms with van der Waals surface area (Å²) in [6, 6.07) is 0.302. The zero-order chi connectivity index (χ0) is 13.4. The van der Waals surface area contributed by atoms with Gasteiger partial charge < -0.3 is 15.0 Å². The molecule has 0 bridgehead atoms. The molecule has 0 aromatic heterocycles. The lowest BCUT2D eigenvalue weighted by Crippen LogP contribution is -2.50. The fraction of sp³-hybridized carbons (Fsp3) is 0.929. The van der Waals surface area contributed by atoms with Gasteiger partial charge in [0.15, 0.2) is 0 Å². The standard InChI is InChI=1S/C14H28N2O2/c1-4-12(2)16(10-11-18-3)14(17)13-8-6-5-7-9-15-13/h12-13,15H,4-11H2,1-3H3. The summed E-state index contributed by atoms with van der Waals surface area (Å²) in [4.78, 5) is 14.5. The van der Waals surface area contributed by atoms with Gasteiger partial charge in [-0.1, -0.05) is 19.8 Å². The second-order valence-electron chi connectivity index (χ2n) is 5.14. The van der Waals surface area contributed by atoms with Crippen molar-refractivity contribution >= 4 is 5.91 Å². The molecule has 18 heavy (non-hydrogen) atoms. The van der Waals surface area contributed by atoms with E-state index < -0.39 is 0 Å². The smallest absolute Gasteiger partial charge is 0.240 e. The fourth-order valence-corrected chi connectivity index (χ4v) is 2.40. The molecule has 0 radical (unpaired) electrons. The van der Waals surface area contributed by atoms with Gasteiger partial charge in [0.2, 0.25) is 5.91 Å². The molecule has 2 atom stereocenters. The molecule has 1 saturated heterocycles. The second kappa shape index (κ2) is 8.48. The summed E-state index contributed by atoms with van der Waals surface area (Å²) in [6.45, 7) is 6.52. The summed E-state index contributed by atoms with van der Waals surface area (Å²) in [6.07, 6.45) is 5.53. The lowest BCUT2D eigenvalue weighted by Gasteiger charge is -2.32. The van der Waals surface area contributed by atoms with E-state index in [9.17, 15) is 4.79 Å². The summed E-state index contributed by atoms with van der Waals surface area (Å²) in [5, 5.41) is 3.39. The van der Waals surface area contributed by atoms with Gasteiger partial charge in [-0.25, -0.2) is 0 Å². The topological polar surface area (TPSA) is 41.6 Å². The Morgan fingerprint density at radius 3 is 2.89 bits per heavy atom. The molecule has 2 unspecified atom stereocenters. The van der Waals surface area contributed by atoms with Crippen LogP contribution in [0.15, 0.2) is 0 Å². The number of hydrogen-bond donors (Lipinski definition) is 1. The molecule has 106 valence electrons. The quantitative estimate of drug-likeness (QED) is 0.788. The Morgan fingerprint density at radius 1 is 1.44 bits per heavy atom. The Kier molecular flexibility index (Phi) is 7.28. The van der Waals surface area contributed by atoms with E-state index in [1.807, 2.05) is 4.90 Å². The van der Waals surface area contributed by atoms with E-state index in [0.717, 1.165) is 25.8 Å². The summed E-state index contributed by atoms with van der Waals surface area (Å²) >= 11 is 0. The summed E-state index contributed by atoms with van der Waals surface area (Å²) in [5.74, 6) is 0.253. The predicted octanol–water partition coefficient (Wildman–Crippen LogP) is 1.79. The molecule has 0 aliphatic carbocycles. The zero-order valence-electron chi connectivity index (χ0n) is 12.1. The molecule has 1 amide bonds. The van der Waals surface area contributed by atoms with Gasteiger partial charge in [0, 0.05) is 19.7 Å². The minimum Gasteiger partial charge on any atom is -0.383 e. The highest BCUT2D eigenvalue weighted by Crippen LogP contribution is 2.13. The van der Waals surface area contributed by atoms with Crippen molar-refractivity contribution in [2.75, 3.05) is 26.8 Å². The monoisotopic (exact) mass is 256 g/mol. The van der Waals surface area contributed by atoms with Crippen LogP contribution in [0.25, 0.3) is 0 Å². The van der Waals surface area contributed by atoms with E-state index >= 15 is 0 Å². The molecule has 1 heterocycles. The molecule has 1 aliphatic rings. The van der Waals surface area contributed by atoms with Crippen molar-refractivity contribution in [3.8, 4) is 0 Å². The second-order valence-corrected chi connectivity index (χ2v) is 5.14. The maximum Gasteiger partial charge on any atom is 0.240 e. The largest absolute Gasteiger partial charge is 0.383 e. The van der Waals surface area contributed by atoms with Crippen molar-refractivity contribution in [1.29, 1.82) is 0 Å². The molecule has 0 aromatic rings. The number of hydrogen-bond acceptors (Lipinski definition) is 3. The number of rotatable bonds is 6. The van der Waals surface area contributed by atoms with E-state index in [-0.39, 0.29) is 18.0 Å². The van der Waals surface area contributed by atoms with Crippen molar-refractivity contribution < 1.29 is 9.53 Å². The van der Waals surface area contributed by atoms with E-state index in [2.05, 4.69) is 19.2 Å². The third-order valence-electron chi connectivity index (χ3n) is 3.80. The maximum absolute atomic E-state index is 12.6. The molecule has 4 heteroatoms. The number of carbonyl (C=O) groups is 1. The third-order valence-corrected chi connectivity index (χ3v) is 3.80. The van der Waals surface area contributed by atoms with Gasteiger partial charge in [-0.3, -0.25) is 4.79 Å². The Morgan fingerprint density at radius 2 is 2.22 bits per heavy atom. The average molecular weight is 256 g/mol. The van der Waals surface area contributed by atoms with Crippen LogP contribution in [-0.2, 0) is 9.53 Å². The van der Waals surface area contributed by atoms with Gasteiger partial charge in [0.05, 0.1) is 12.6 Å². The SMILES string of the molecule is CCC(C)N(CCOC)C(=O)C1CCCCCN1. The predicted molar refractivity (Wildman–Crippen MR) is 73.6 cm³/mol. The number of nitrogens with zero attached hydrogens (tertiary/aromatic N) is 1. The van der Waals surface area contributed by atoms with Crippen LogP contribution in [-0.4, -0.2) is 49.7 Å². The van der Waals surface area contributed by atoms with Crippen molar-refractivity contribution in [2.24, 2.45) is 0 Å². The van der Waals surface area contributed by atoms with Gasteiger partial charge in [-0.15, -0.1) is 0 Å². The highest BCUT2D eigenvalue weighted by Gasteiger charge is 2.27. The first-order valence-corrected chi connectivity index (χ1v) is 7.23. The molecule has 0 saturated carbocycles. The summed E-state index contributed by atoms with van der Waals surface area (Å²) < 4.78 is 5.11. The van der Waals surface area contributed by atoms with Gasteiger partial charge in [-0.2, -0.15) is 0 Å². The average Bonchev–Trinajstić information content (AvgIpc) is 2.67. The fourth-order valence-electron chi connectivity index (χ4n) is 2.40. The normalized spacial score (nSPS) is 22.3. The highest BCUT2D eigenvalue weighted by molar-refractivity contribution is 5.82. The lowest BCUT2D eigenvalue weighted by atomic mass is 10.1. The van der Waals surface area contributed by atoms with Crippen LogP contribution in [0, 0.1) is 0 Å². The van der Waals surface area contributed by atoms with Crippen LogP contribution in [0.2, 0.25) is 0 Å². The van der Waals surface area contributed by atoms with Crippen molar-refractivity contribution in [3.05, 3.63) is 0 Å². The minimum atomic E-state index is 0.0124. The van der Waals surface area contributed by atoms with Crippen LogP contribution in [0.4, 0.5) is 0 Å². The van der Waals surface area contributed by atoms with E-state index in [1.165, 1.54) is 12.8 Å². The van der Waals surface area contributed by atoms with Crippen molar-refractivity contribution in [3.63, 3.8) is 0 Å². The van der Waals surface area contributed by atoms with Crippen molar-refractivity contribution in [1.82, 2.24) is 10.2 Å². The highest BCUT2D eigenvalue weighted by atomic mass is 16.5.